The van der Waals surface area contributed by atoms with Crippen molar-refractivity contribution in [2.24, 2.45) is 4.99 Å². The molecule has 0 amide bonds. The molecule has 1 aromatic heterocycles. The molecule has 0 spiro atoms. The quantitative estimate of drug-likeness (QED) is 0.342. The molecule has 2 N–H and O–H groups in total. The monoisotopic (exact) mass is 484 g/mol. The van der Waals surface area contributed by atoms with E-state index in [1.165, 1.54) is 11.1 Å². The molecule has 0 aliphatic rings. The van der Waals surface area contributed by atoms with E-state index in [4.69, 9.17) is 0 Å². The Labute approximate surface area is 180 Å². The van der Waals surface area contributed by atoms with Gasteiger partial charge < -0.3 is 15.2 Å². The topological polar surface area (TPSA) is 67.1 Å². The largest absolute Gasteiger partial charge is 0.357 e. The Bertz CT molecular complexity index is 706. The van der Waals surface area contributed by atoms with Crippen LogP contribution in [0.15, 0.2) is 35.6 Å². The van der Waals surface area contributed by atoms with E-state index in [2.05, 4.69) is 84.7 Å². The summed E-state index contributed by atoms with van der Waals surface area (Å²) in [5.74, 6) is 1.68. The summed E-state index contributed by atoms with van der Waals surface area (Å²) in [4.78, 5) is 4.66. The van der Waals surface area contributed by atoms with Gasteiger partial charge in [-0.1, -0.05) is 45.0 Å². The third-order valence-electron chi connectivity index (χ3n) is 4.60. The average Bonchev–Trinajstić information content (AvgIpc) is 3.11. The molecule has 150 valence electrons. The first-order valence-electron chi connectivity index (χ1n) is 9.48. The standard InChI is InChI=1S/C20H32N6.HI/c1-6-16-9-11-17(12-10-16)20(4,5)14-23-19(21-7-2)22-13-18-25-24-15-26(18)8-3;/h9-12,15H,6-8,13-14H2,1-5H3,(H2,21,22,23);1H. The van der Waals surface area contributed by atoms with E-state index in [1.54, 1.807) is 6.33 Å². The normalized spacial score (nSPS) is 11.8. The molecule has 1 heterocycles. The molecule has 0 radical (unpaired) electrons. The van der Waals surface area contributed by atoms with Crippen molar-refractivity contribution < 1.29 is 0 Å². The van der Waals surface area contributed by atoms with Crippen molar-refractivity contribution in [2.45, 2.75) is 59.5 Å². The first-order chi connectivity index (χ1) is 12.5. The maximum Gasteiger partial charge on any atom is 0.191 e. The van der Waals surface area contributed by atoms with Gasteiger partial charge in [-0.15, -0.1) is 34.2 Å². The van der Waals surface area contributed by atoms with Crippen LogP contribution in [0.2, 0.25) is 0 Å². The van der Waals surface area contributed by atoms with E-state index in [0.29, 0.717) is 6.54 Å². The van der Waals surface area contributed by atoms with Gasteiger partial charge in [0, 0.05) is 25.0 Å². The SMILES string of the molecule is CCNC(=NCc1nncn1CC)NCC(C)(C)c1ccc(CC)cc1.I. The molecule has 0 fully saturated rings. The van der Waals surface area contributed by atoms with Crippen LogP contribution in [0.25, 0.3) is 0 Å². The molecule has 0 atom stereocenters. The second-order valence-electron chi connectivity index (χ2n) is 7.02. The molecule has 2 aromatic rings. The second kappa shape index (κ2) is 11.3. The predicted octanol–water partition coefficient (Wildman–Crippen LogP) is 3.51. The molecular weight excluding hydrogens is 451 g/mol. The van der Waals surface area contributed by atoms with Crippen LogP contribution in [0.1, 0.15) is 51.6 Å². The number of guanidine groups is 1. The van der Waals surface area contributed by atoms with Gasteiger partial charge in [0.25, 0.3) is 0 Å². The summed E-state index contributed by atoms with van der Waals surface area (Å²) in [6, 6.07) is 8.89. The van der Waals surface area contributed by atoms with Crippen LogP contribution >= 0.6 is 24.0 Å². The number of aryl methyl sites for hydroxylation is 2. The van der Waals surface area contributed by atoms with Crippen LogP contribution in [0.3, 0.4) is 0 Å². The fourth-order valence-corrected chi connectivity index (χ4v) is 2.76. The molecular formula is C20H33IN6. The highest BCUT2D eigenvalue weighted by atomic mass is 127. The number of hydrogen-bond acceptors (Lipinski definition) is 3. The molecule has 1 aromatic carbocycles. The van der Waals surface area contributed by atoms with Crippen LogP contribution < -0.4 is 10.6 Å². The Balaban J connectivity index is 0.00000364. The van der Waals surface area contributed by atoms with Crippen molar-refractivity contribution in [3.05, 3.63) is 47.5 Å². The van der Waals surface area contributed by atoms with Crippen molar-refractivity contribution in [3.63, 3.8) is 0 Å². The zero-order valence-corrected chi connectivity index (χ0v) is 19.4. The van der Waals surface area contributed by atoms with E-state index in [9.17, 15) is 0 Å². The van der Waals surface area contributed by atoms with Crippen molar-refractivity contribution in [2.75, 3.05) is 13.1 Å². The zero-order valence-electron chi connectivity index (χ0n) is 17.1. The number of halogens is 1. The minimum Gasteiger partial charge on any atom is -0.357 e. The number of benzene rings is 1. The van der Waals surface area contributed by atoms with Crippen LogP contribution in [0.4, 0.5) is 0 Å². The maximum absolute atomic E-state index is 4.66. The minimum absolute atomic E-state index is 0. The lowest BCUT2D eigenvalue weighted by molar-refractivity contribution is 0.508. The molecule has 7 heteroatoms. The van der Waals surface area contributed by atoms with E-state index in [0.717, 1.165) is 37.8 Å². The van der Waals surface area contributed by atoms with E-state index in [1.807, 2.05) is 4.57 Å². The van der Waals surface area contributed by atoms with Gasteiger partial charge in [-0.25, -0.2) is 4.99 Å². The Hall–Kier alpha value is -1.64. The van der Waals surface area contributed by atoms with Gasteiger partial charge in [0.05, 0.1) is 0 Å². The van der Waals surface area contributed by atoms with Crippen molar-refractivity contribution in [1.82, 2.24) is 25.4 Å². The number of hydrogen-bond donors (Lipinski definition) is 2. The van der Waals surface area contributed by atoms with Gasteiger partial charge in [0.15, 0.2) is 11.8 Å². The maximum atomic E-state index is 4.66. The Morgan fingerprint density at radius 2 is 1.81 bits per heavy atom. The summed E-state index contributed by atoms with van der Waals surface area (Å²) in [5, 5.41) is 14.9. The molecule has 0 bridgehead atoms. The van der Waals surface area contributed by atoms with Gasteiger partial charge in [-0.3, -0.25) is 0 Å². The van der Waals surface area contributed by atoms with Crippen LogP contribution in [-0.4, -0.2) is 33.8 Å². The van der Waals surface area contributed by atoms with Crippen LogP contribution in [0, 0.1) is 0 Å². The van der Waals surface area contributed by atoms with Crippen molar-refractivity contribution >= 4 is 29.9 Å². The lowest BCUT2D eigenvalue weighted by Gasteiger charge is -2.27. The van der Waals surface area contributed by atoms with E-state index in [-0.39, 0.29) is 29.4 Å². The molecule has 0 saturated heterocycles. The van der Waals surface area contributed by atoms with Crippen molar-refractivity contribution in [3.8, 4) is 0 Å². The average molecular weight is 484 g/mol. The fourth-order valence-electron chi connectivity index (χ4n) is 2.76. The zero-order chi connectivity index (χ0) is 19.0. The second-order valence-corrected chi connectivity index (χ2v) is 7.02. The van der Waals surface area contributed by atoms with Crippen molar-refractivity contribution in [1.29, 1.82) is 0 Å². The third kappa shape index (κ3) is 6.79. The number of aliphatic imine (C=N–C) groups is 1. The predicted molar refractivity (Wildman–Crippen MR) is 123 cm³/mol. The molecule has 2 rings (SSSR count). The lowest BCUT2D eigenvalue weighted by Crippen LogP contribution is -2.43. The van der Waals surface area contributed by atoms with Gasteiger partial charge in [0.2, 0.25) is 0 Å². The smallest absolute Gasteiger partial charge is 0.191 e. The third-order valence-corrected chi connectivity index (χ3v) is 4.60. The lowest BCUT2D eigenvalue weighted by atomic mass is 9.84. The van der Waals surface area contributed by atoms with Crippen LogP contribution in [0.5, 0.6) is 0 Å². The minimum atomic E-state index is 0. The summed E-state index contributed by atoms with van der Waals surface area (Å²) in [6.45, 7) is 13.8. The number of aromatic nitrogens is 3. The Morgan fingerprint density at radius 3 is 2.41 bits per heavy atom. The summed E-state index contributed by atoms with van der Waals surface area (Å²) in [7, 11) is 0. The summed E-state index contributed by atoms with van der Waals surface area (Å²) in [6.07, 6.45) is 2.81. The highest BCUT2D eigenvalue weighted by Gasteiger charge is 2.21. The summed E-state index contributed by atoms with van der Waals surface area (Å²) < 4.78 is 2.01. The number of nitrogens with one attached hydrogen (secondary N) is 2. The first kappa shape index (κ1) is 23.4. The highest BCUT2D eigenvalue weighted by Crippen LogP contribution is 2.22. The fraction of sp³-hybridized carbons (Fsp3) is 0.550. The Morgan fingerprint density at radius 1 is 1.11 bits per heavy atom. The molecule has 0 unspecified atom stereocenters. The molecule has 0 saturated carbocycles. The number of rotatable bonds is 8. The summed E-state index contributed by atoms with van der Waals surface area (Å²) >= 11 is 0. The van der Waals surface area contributed by atoms with Gasteiger partial charge in [0.1, 0.15) is 12.9 Å². The summed E-state index contributed by atoms with van der Waals surface area (Å²) in [5.41, 5.74) is 2.70. The van der Waals surface area contributed by atoms with Crippen LogP contribution in [-0.2, 0) is 24.9 Å². The van der Waals surface area contributed by atoms with Gasteiger partial charge in [-0.05, 0) is 31.4 Å². The van der Waals surface area contributed by atoms with Gasteiger partial charge >= 0.3 is 0 Å². The van der Waals surface area contributed by atoms with Gasteiger partial charge in [-0.2, -0.15) is 0 Å². The highest BCUT2D eigenvalue weighted by molar-refractivity contribution is 14.0. The molecule has 27 heavy (non-hydrogen) atoms. The Kier molecular flexibility index (Phi) is 9.76. The molecule has 0 aliphatic heterocycles. The molecule has 0 aliphatic carbocycles. The first-order valence-corrected chi connectivity index (χ1v) is 9.48. The van der Waals surface area contributed by atoms with E-state index < -0.39 is 0 Å². The number of nitrogens with zero attached hydrogens (tertiary/aromatic N) is 4. The van der Waals surface area contributed by atoms with E-state index >= 15 is 0 Å². The molecule has 6 nitrogen and oxygen atoms in total.